The van der Waals surface area contributed by atoms with Gasteiger partial charge in [-0.15, -0.1) is 0 Å². The third kappa shape index (κ3) is 6.69. The Morgan fingerprint density at radius 2 is 1.45 bits per heavy atom. The molecule has 31 heavy (non-hydrogen) atoms. The fraction of sp³-hybridized carbons (Fsp3) is 0.200. The van der Waals surface area contributed by atoms with Gasteiger partial charge >= 0.3 is 0 Å². The number of benzene rings is 3. The first kappa shape index (κ1) is 22.1. The fourth-order valence-electron chi connectivity index (χ4n) is 2.95. The number of nitrogens with one attached hydrogen (secondary N) is 1. The number of hydrogen-bond acceptors (Lipinski definition) is 4. The van der Waals surface area contributed by atoms with Gasteiger partial charge in [0, 0.05) is 24.3 Å². The van der Waals surface area contributed by atoms with Crippen molar-refractivity contribution in [3.63, 3.8) is 0 Å². The zero-order chi connectivity index (χ0) is 22.1. The van der Waals surface area contributed by atoms with E-state index >= 15 is 0 Å². The predicted octanol–water partition coefficient (Wildman–Crippen LogP) is 4.48. The lowest BCUT2D eigenvalue weighted by Crippen LogP contribution is -2.25. The van der Waals surface area contributed by atoms with Gasteiger partial charge in [-0.1, -0.05) is 30.3 Å². The first-order chi connectivity index (χ1) is 15.0. The van der Waals surface area contributed by atoms with Gasteiger partial charge in [0.2, 0.25) is 5.91 Å². The number of hydrogen-bond donors (Lipinski definition) is 2. The zero-order valence-corrected chi connectivity index (χ0v) is 17.4. The van der Waals surface area contributed by atoms with Gasteiger partial charge in [-0.2, -0.15) is 0 Å². The molecular formula is C25H26N2O4. The minimum absolute atomic E-state index is 0.0245. The summed E-state index contributed by atoms with van der Waals surface area (Å²) in [5.74, 6) is 0.534. The highest BCUT2D eigenvalue weighted by Crippen LogP contribution is 2.22. The molecule has 0 radical (unpaired) electrons. The van der Waals surface area contributed by atoms with Crippen molar-refractivity contribution in [2.24, 2.45) is 5.73 Å². The van der Waals surface area contributed by atoms with Gasteiger partial charge in [0.15, 0.2) is 0 Å². The summed E-state index contributed by atoms with van der Waals surface area (Å²) >= 11 is 0. The lowest BCUT2D eigenvalue weighted by atomic mass is 10.1. The molecule has 0 bridgehead atoms. The average Bonchev–Trinajstić information content (AvgIpc) is 2.80. The Bertz CT molecular complexity index is 986. The molecule has 0 aliphatic heterocycles. The van der Waals surface area contributed by atoms with E-state index in [0.29, 0.717) is 35.8 Å². The second kappa shape index (κ2) is 10.9. The van der Waals surface area contributed by atoms with Crippen LogP contribution in [0.3, 0.4) is 0 Å². The van der Waals surface area contributed by atoms with Gasteiger partial charge in [0.05, 0.1) is 6.10 Å². The minimum Gasteiger partial charge on any atom is -0.457 e. The number of ether oxygens (including phenoxy) is 2. The maximum Gasteiger partial charge on any atom is 0.251 e. The van der Waals surface area contributed by atoms with Crippen LogP contribution in [0.1, 0.15) is 45.7 Å². The lowest BCUT2D eigenvalue weighted by Gasteiger charge is -2.13. The Kier molecular flexibility index (Phi) is 7.79. The number of carbonyl (C=O) groups excluding carboxylic acids is 2. The Morgan fingerprint density at radius 3 is 2.03 bits per heavy atom. The average molecular weight is 418 g/mol. The highest BCUT2D eigenvalue weighted by Gasteiger charge is 2.07. The van der Waals surface area contributed by atoms with Gasteiger partial charge in [-0.05, 0) is 67.4 Å². The van der Waals surface area contributed by atoms with Crippen LogP contribution in [-0.2, 0) is 4.74 Å². The van der Waals surface area contributed by atoms with E-state index in [1.165, 1.54) is 0 Å². The van der Waals surface area contributed by atoms with Crippen molar-refractivity contribution in [3.8, 4) is 11.5 Å². The van der Waals surface area contributed by atoms with Crippen LogP contribution in [-0.4, -0.2) is 25.0 Å². The normalized spacial score (nSPS) is 11.5. The summed E-state index contributed by atoms with van der Waals surface area (Å²) < 4.78 is 11.5. The predicted molar refractivity (Wildman–Crippen MR) is 119 cm³/mol. The van der Waals surface area contributed by atoms with Crippen LogP contribution in [0.25, 0.3) is 0 Å². The molecule has 0 aliphatic carbocycles. The second-order valence-electron chi connectivity index (χ2n) is 7.05. The highest BCUT2D eigenvalue weighted by atomic mass is 16.5. The number of rotatable bonds is 10. The summed E-state index contributed by atoms with van der Waals surface area (Å²) in [6, 6.07) is 23.4. The maximum atomic E-state index is 12.3. The van der Waals surface area contributed by atoms with E-state index in [-0.39, 0.29) is 12.0 Å². The molecule has 0 spiro atoms. The Hall–Kier alpha value is -3.64. The molecule has 3 N–H and O–H groups in total. The SMILES string of the molecule is CC(OCCCNC(=O)c1ccc(Oc2ccc(C(N)=O)cc2)cc1)c1ccccc1. The van der Waals surface area contributed by atoms with E-state index in [1.54, 1.807) is 48.5 Å². The largest absolute Gasteiger partial charge is 0.457 e. The standard InChI is InChI=1S/C25H26N2O4/c1-18(19-6-3-2-4-7-19)30-17-5-16-27-25(29)21-10-14-23(15-11-21)31-22-12-8-20(9-13-22)24(26)28/h2-4,6-15,18H,5,16-17H2,1H3,(H2,26,28)(H,27,29). The molecule has 0 fully saturated rings. The first-order valence-corrected chi connectivity index (χ1v) is 10.2. The van der Waals surface area contributed by atoms with E-state index in [9.17, 15) is 9.59 Å². The second-order valence-corrected chi connectivity index (χ2v) is 7.05. The van der Waals surface area contributed by atoms with Gasteiger partial charge in [-0.25, -0.2) is 0 Å². The Morgan fingerprint density at radius 1 is 0.871 bits per heavy atom. The topological polar surface area (TPSA) is 90.7 Å². The van der Waals surface area contributed by atoms with Crippen LogP contribution in [0.5, 0.6) is 11.5 Å². The molecule has 0 heterocycles. The van der Waals surface area contributed by atoms with Gasteiger partial charge in [0.25, 0.3) is 5.91 Å². The van der Waals surface area contributed by atoms with E-state index in [2.05, 4.69) is 5.32 Å². The van der Waals surface area contributed by atoms with Crippen molar-refractivity contribution in [2.45, 2.75) is 19.4 Å². The van der Waals surface area contributed by atoms with E-state index in [0.717, 1.165) is 12.0 Å². The molecule has 6 heteroatoms. The molecule has 0 aliphatic rings. The maximum absolute atomic E-state index is 12.3. The molecule has 0 aromatic heterocycles. The summed E-state index contributed by atoms with van der Waals surface area (Å²) in [5.41, 5.74) is 7.33. The fourth-order valence-corrected chi connectivity index (χ4v) is 2.95. The molecule has 2 amide bonds. The first-order valence-electron chi connectivity index (χ1n) is 10.2. The minimum atomic E-state index is -0.487. The molecule has 1 atom stereocenters. The third-order valence-electron chi connectivity index (χ3n) is 4.73. The van der Waals surface area contributed by atoms with Gasteiger partial charge in [-0.3, -0.25) is 9.59 Å². The summed E-state index contributed by atoms with van der Waals surface area (Å²) in [6.45, 7) is 3.12. The number of amides is 2. The molecule has 1 unspecified atom stereocenters. The van der Waals surface area contributed by atoms with E-state index in [4.69, 9.17) is 15.2 Å². The van der Waals surface area contributed by atoms with Crippen LogP contribution >= 0.6 is 0 Å². The number of primary amides is 1. The van der Waals surface area contributed by atoms with Crippen molar-refractivity contribution >= 4 is 11.8 Å². The van der Waals surface area contributed by atoms with Gasteiger partial charge < -0.3 is 20.5 Å². The Balaban J connectivity index is 1.40. The van der Waals surface area contributed by atoms with Crippen molar-refractivity contribution in [2.75, 3.05) is 13.2 Å². The molecule has 6 nitrogen and oxygen atoms in total. The molecule has 0 saturated heterocycles. The molecule has 3 aromatic carbocycles. The van der Waals surface area contributed by atoms with Crippen molar-refractivity contribution < 1.29 is 19.1 Å². The number of nitrogens with two attached hydrogens (primary N) is 1. The molecular weight excluding hydrogens is 392 g/mol. The van der Waals surface area contributed by atoms with Crippen molar-refractivity contribution in [3.05, 3.63) is 95.6 Å². The zero-order valence-electron chi connectivity index (χ0n) is 17.4. The summed E-state index contributed by atoms with van der Waals surface area (Å²) in [5, 5.41) is 2.89. The van der Waals surface area contributed by atoms with E-state index in [1.807, 2.05) is 37.3 Å². The van der Waals surface area contributed by atoms with Crippen LogP contribution in [0, 0.1) is 0 Å². The number of carbonyl (C=O) groups is 2. The highest BCUT2D eigenvalue weighted by molar-refractivity contribution is 5.94. The molecule has 3 aromatic rings. The van der Waals surface area contributed by atoms with E-state index < -0.39 is 5.91 Å². The quantitative estimate of drug-likeness (QED) is 0.475. The molecule has 3 rings (SSSR count). The van der Waals surface area contributed by atoms with Crippen LogP contribution in [0.15, 0.2) is 78.9 Å². The summed E-state index contributed by atoms with van der Waals surface area (Å²) in [6.07, 6.45) is 0.752. The third-order valence-corrected chi connectivity index (χ3v) is 4.73. The van der Waals surface area contributed by atoms with Crippen molar-refractivity contribution in [1.29, 1.82) is 0 Å². The summed E-state index contributed by atoms with van der Waals surface area (Å²) in [7, 11) is 0. The molecule has 160 valence electrons. The smallest absolute Gasteiger partial charge is 0.251 e. The monoisotopic (exact) mass is 418 g/mol. The molecule has 0 saturated carbocycles. The van der Waals surface area contributed by atoms with Crippen molar-refractivity contribution in [1.82, 2.24) is 5.32 Å². The Labute approximate surface area is 182 Å². The van der Waals surface area contributed by atoms with Crippen LogP contribution < -0.4 is 15.8 Å². The lowest BCUT2D eigenvalue weighted by molar-refractivity contribution is 0.0635. The van der Waals surface area contributed by atoms with Crippen LogP contribution in [0.4, 0.5) is 0 Å². The summed E-state index contributed by atoms with van der Waals surface area (Å²) in [4.78, 5) is 23.4. The van der Waals surface area contributed by atoms with Crippen LogP contribution in [0.2, 0.25) is 0 Å². The van der Waals surface area contributed by atoms with Gasteiger partial charge in [0.1, 0.15) is 11.5 Å².